The van der Waals surface area contributed by atoms with E-state index in [0.29, 0.717) is 18.4 Å². The number of hydrogen-bond acceptors (Lipinski definition) is 2. The molecule has 1 aliphatic rings. The van der Waals surface area contributed by atoms with E-state index in [1.54, 1.807) is 6.07 Å². The standard InChI is InChI=1S/C18H18BrNO2/c19-16-8-4-3-7-15(16)17(21)20-12-18(22)10-9-13-5-1-2-6-14(13)11-18/h1-8,22H,9-12H2,(H,20,21)/t18-/m0/s1. The highest BCUT2D eigenvalue weighted by atomic mass is 79.9. The number of benzene rings is 2. The first-order chi connectivity index (χ1) is 10.6. The molecule has 114 valence electrons. The number of nitrogens with one attached hydrogen (secondary N) is 1. The van der Waals surface area contributed by atoms with Crippen molar-refractivity contribution < 1.29 is 9.90 Å². The predicted molar refractivity (Wildman–Crippen MR) is 89.9 cm³/mol. The van der Waals surface area contributed by atoms with E-state index in [2.05, 4.69) is 33.4 Å². The highest BCUT2D eigenvalue weighted by Crippen LogP contribution is 2.28. The third-order valence-corrected chi connectivity index (χ3v) is 4.89. The summed E-state index contributed by atoms with van der Waals surface area (Å²) < 4.78 is 0.758. The van der Waals surface area contributed by atoms with Gasteiger partial charge >= 0.3 is 0 Å². The summed E-state index contributed by atoms with van der Waals surface area (Å²) in [6.45, 7) is 0.265. The van der Waals surface area contributed by atoms with E-state index in [4.69, 9.17) is 0 Å². The molecule has 0 heterocycles. The molecular formula is C18H18BrNO2. The summed E-state index contributed by atoms with van der Waals surface area (Å²) in [4.78, 5) is 12.2. The molecule has 2 aromatic carbocycles. The number of aryl methyl sites for hydroxylation is 1. The minimum Gasteiger partial charge on any atom is -0.388 e. The van der Waals surface area contributed by atoms with Crippen LogP contribution in [0, 0.1) is 0 Å². The Morgan fingerprint density at radius 2 is 1.82 bits per heavy atom. The van der Waals surface area contributed by atoms with Gasteiger partial charge in [-0.2, -0.15) is 0 Å². The summed E-state index contributed by atoms with van der Waals surface area (Å²) in [5, 5.41) is 13.6. The van der Waals surface area contributed by atoms with Crippen LogP contribution in [0.2, 0.25) is 0 Å². The van der Waals surface area contributed by atoms with Gasteiger partial charge in [-0.3, -0.25) is 4.79 Å². The van der Waals surface area contributed by atoms with Crippen LogP contribution >= 0.6 is 15.9 Å². The molecule has 0 unspecified atom stereocenters. The van der Waals surface area contributed by atoms with Gasteiger partial charge in [-0.1, -0.05) is 36.4 Å². The summed E-state index contributed by atoms with van der Waals surface area (Å²) >= 11 is 3.37. The lowest BCUT2D eigenvalue weighted by Crippen LogP contribution is -2.46. The Bertz CT molecular complexity index is 701. The smallest absolute Gasteiger partial charge is 0.252 e. The molecule has 0 saturated carbocycles. The zero-order chi connectivity index (χ0) is 15.6. The highest BCUT2D eigenvalue weighted by molar-refractivity contribution is 9.10. The third kappa shape index (κ3) is 3.23. The molecule has 0 fully saturated rings. The minimum absolute atomic E-state index is 0.167. The van der Waals surface area contributed by atoms with E-state index >= 15 is 0 Å². The maximum absolute atomic E-state index is 12.2. The van der Waals surface area contributed by atoms with Gasteiger partial charge in [-0.05, 0) is 52.0 Å². The maximum Gasteiger partial charge on any atom is 0.252 e. The van der Waals surface area contributed by atoms with Crippen molar-refractivity contribution in [2.45, 2.75) is 24.9 Å². The molecule has 3 rings (SSSR count). The second kappa shape index (κ2) is 6.23. The number of aliphatic hydroxyl groups is 1. The topological polar surface area (TPSA) is 49.3 Å². The van der Waals surface area contributed by atoms with Crippen LogP contribution in [0.25, 0.3) is 0 Å². The first kappa shape index (κ1) is 15.3. The fraction of sp³-hybridized carbons (Fsp3) is 0.278. The van der Waals surface area contributed by atoms with Crippen molar-refractivity contribution in [1.29, 1.82) is 0 Å². The van der Waals surface area contributed by atoms with Crippen LogP contribution < -0.4 is 5.32 Å². The van der Waals surface area contributed by atoms with E-state index in [1.165, 1.54) is 11.1 Å². The second-order valence-corrected chi connectivity index (χ2v) is 6.69. The Balaban J connectivity index is 1.67. The Labute approximate surface area is 138 Å². The van der Waals surface area contributed by atoms with Crippen molar-refractivity contribution in [3.05, 3.63) is 69.7 Å². The van der Waals surface area contributed by atoms with Gasteiger partial charge in [0.2, 0.25) is 0 Å². The monoisotopic (exact) mass is 359 g/mol. The molecule has 2 N–H and O–H groups in total. The largest absolute Gasteiger partial charge is 0.388 e. The van der Waals surface area contributed by atoms with Gasteiger partial charge in [0.05, 0.1) is 11.2 Å². The number of fused-ring (bicyclic) bond motifs is 1. The molecule has 4 heteroatoms. The Morgan fingerprint density at radius 1 is 1.14 bits per heavy atom. The van der Waals surface area contributed by atoms with Gasteiger partial charge in [-0.15, -0.1) is 0 Å². The molecular weight excluding hydrogens is 342 g/mol. The van der Waals surface area contributed by atoms with E-state index in [1.807, 2.05) is 30.3 Å². The zero-order valence-electron chi connectivity index (χ0n) is 12.2. The molecule has 0 spiro atoms. The van der Waals surface area contributed by atoms with E-state index < -0.39 is 5.60 Å². The number of amides is 1. The maximum atomic E-state index is 12.2. The quantitative estimate of drug-likeness (QED) is 0.884. The SMILES string of the molecule is O=C(NC[C@]1(O)CCc2ccccc2C1)c1ccccc1Br. The summed E-state index contributed by atoms with van der Waals surface area (Å²) in [6, 6.07) is 15.5. The second-order valence-electron chi connectivity index (χ2n) is 5.83. The van der Waals surface area contributed by atoms with Gasteiger partial charge < -0.3 is 10.4 Å². The number of carbonyl (C=O) groups excluding carboxylic acids is 1. The first-order valence-corrected chi connectivity index (χ1v) is 8.19. The normalized spacial score (nSPS) is 20.3. The summed E-state index contributed by atoms with van der Waals surface area (Å²) in [7, 11) is 0. The summed E-state index contributed by atoms with van der Waals surface area (Å²) in [5.41, 5.74) is 2.18. The molecule has 0 saturated heterocycles. The predicted octanol–water partition coefficient (Wildman–Crippen LogP) is 3.10. The van der Waals surface area contributed by atoms with Crippen molar-refractivity contribution in [2.24, 2.45) is 0 Å². The van der Waals surface area contributed by atoms with Crippen molar-refractivity contribution >= 4 is 21.8 Å². The highest BCUT2D eigenvalue weighted by Gasteiger charge is 2.32. The lowest BCUT2D eigenvalue weighted by Gasteiger charge is -2.33. The van der Waals surface area contributed by atoms with Crippen molar-refractivity contribution in [3.63, 3.8) is 0 Å². The third-order valence-electron chi connectivity index (χ3n) is 4.19. The zero-order valence-corrected chi connectivity index (χ0v) is 13.8. The van der Waals surface area contributed by atoms with Crippen LogP contribution in [0.4, 0.5) is 0 Å². The fourth-order valence-corrected chi connectivity index (χ4v) is 3.39. The lowest BCUT2D eigenvalue weighted by atomic mass is 9.80. The van der Waals surface area contributed by atoms with Crippen molar-refractivity contribution in [3.8, 4) is 0 Å². The van der Waals surface area contributed by atoms with Crippen LogP contribution in [-0.2, 0) is 12.8 Å². The minimum atomic E-state index is -0.870. The molecule has 0 bridgehead atoms. The summed E-state index contributed by atoms with van der Waals surface area (Å²) in [6.07, 6.45) is 2.09. The average molecular weight is 360 g/mol. The first-order valence-electron chi connectivity index (χ1n) is 7.39. The summed E-state index contributed by atoms with van der Waals surface area (Å²) in [5.74, 6) is -0.167. The van der Waals surface area contributed by atoms with E-state index in [0.717, 1.165) is 10.9 Å². The number of rotatable bonds is 3. The number of hydrogen-bond donors (Lipinski definition) is 2. The van der Waals surface area contributed by atoms with Crippen LogP contribution in [0.1, 0.15) is 27.9 Å². The van der Waals surface area contributed by atoms with Crippen LogP contribution in [-0.4, -0.2) is 23.2 Å². The molecule has 0 radical (unpaired) electrons. The molecule has 0 aliphatic heterocycles. The molecule has 1 atom stereocenters. The fourth-order valence-electron chi connectivity index (χ4n) is 2.92. The average Bonchev–Trinajstić information content (AvgIpc) is 2.53. The molecule has 1 amide bonds. The van der Waals surface area contributed by atoms with Crippen LogP contribution in [0.15, 0.2) is 53.0 Å². The van der Waals surface area contributed by atoms with Crippen LogP contribution in [0.3, 0.4) is 0 Å². The molecule has 22 heavy (non-hydrogen) atoms. The molecule has 1 aliphatic carbocycles. The van der Waals surface area contributed by atoms with Gasteiger partial charge in [-0.25, -0.2) is 0 Å². The Kier molecular flexibility index (Phi) is 4.32. The van der Waals surface area contributed by atoms with E-state index in [-0.39, 0.29) is 12.5 Å². The van der Waals surface area contributed by atoms with Crippen molar-refractivity contribution in [2.75, 3.05) is 6.54 Å². The number of carbonyl (C=O) groups is 1. The van der Waals surface area contributed by atoms with E-state index in [9.17, 15) is 9.90 Å². The van der Waals surface area contributed by atoms with Crippen LogP contribution in [0.5, 0.6) is 0 Å². The van der Waals surface area contributed by atoms with Gasteiger partial charge in [0, 0.05) is 17.4 Å². The lowest BCUT2D eigenvalue weighted by molar-refractivity contribution is 0.0260. The Hall–Kier alpha value is -1.65. The van der Waals surface area contributed by atoms with Crippen molar-refractivity contribution in [1.82, 2.24) is 5.32 Å². The van der Waals surface area contributed by atoms with Gasteiger partial charge in [0.25, 0.3) is 5.91 Å². The molecule has 3 nitrogen and oxygen atoms in total. The Morgan fingerprint density at radius 3 is 2.59 bits per heavy atom. The van der Waals surface area contributed by atoms with Gasteiger partial charge in [0.15, 0.2) is 0 Å². The molecule has 2 aromatic rings. The van der Waals surface area contributed by atoms with Gasteiger partial charge in [0.1, 0.15) is 0 Å². The molecule has 0 aromatic heterocycles. The number of halogens is 1.